The summed E-state index contributed by atoms with van der Waals surface area (Å²) >= 11 is 0. The zero-order valence-electron chi connectivity index (χ0n) is 15.2. The number of aryl methyl sites for hydroxylation is 1. The van der Waals surface area contributed by atoms with Gasteiger partial charge in [-0.3, -0.25) is 4.79 Å². The maximum absolute atomic E-state index is 13.0. The largest absolute Gasteiger partial charge is 0.336 e. The lowest BCUT2D eigenvalue weighted by molar-refractivity contribution is 0.0711. The normalized spacial score (nSPS) is 18.4. The molecule has 25 heavy (non-hydrogen) atoms. The number of aromatic nitrogens is 3. The van der Waals surface area contributed by atoms with Crippen LogP contribution in [0.4, 0.5) is 0 Å². The number of carbonyl (C=O) groups is 1. The highest BCUT2D eigenvalue weighted by molar-refractivity contribution is 6.05. The Balaban J connectivity index is 0.00000156. The molecule has 0 radical (unpaired) electrons. The van der Waals surface area contributed by atoms with Gasteiger partial charge < -0.3 is 10.2 Å². The van der Waals surface area contributed by atoms with Gasteiger partial charge in [0.1, 0.15) is 0 Å². The fourth-order valence-corrected chi connectivity index (χ4v) is 3.10. The number of amides is 1. The lowest BCUT2D eigenvalue weighted by Crippen LogP contribution is -2.51. The van der Waals surface area contributed by atoms with Gasteiger partial charge in [-0.1, -0.05) is 6.92 Å². The van der Waals surface area contributed by atoms with Gasteiger partial charge >= 0.3 is 0 Å². The molecule has 3 heterocycles. The maximum atomic E-state index is 13.0. The molecule has 0 aliphatic carbocycles. The van der Waals surface area contributed by atoms with E-state index < -0.39 is 0 Å². The first-order valence-corrected chi connectivity index (χ1v) is 8.38. The summed E-state index contributed by atoms with van der Waals surface area (Å²) in [5, 5.41) is 8.71. The second-order valence-corrected chi connectivity index (χ2v) is 6.50. The van der Waals surface area contributed by atoms with Crippen LogP contribution in [0, 0.1) is 6.92 Å². The fourth-order valence-electron chi connectivity index (χ4n) is 3.10. The Hall–Kier alpha value is -1.37. The average Bonchev–Trinajstić information content (AvgIpc) is 2.96. The number of carbonyl (C=O) groups excluding carboxylic acids is 1. The summed E-state index contributed by atoms with van der Waals surface area (Å²) in [6.07, 6.45) is 2.76. The molecule has 1 aliphatic heterocycles. The molecule has 0 saturated carbocycles. The average molecular weight is 388 g/mol. The predicted octanol–water partition coefficient (Wildman–Crippen LogP) is 2.99. The summed E-state index contributed by atoms with van der Waals surface area (Å²) in [7, 11) is 0. The Bertz CT molecular complexity index is 733. The van der Waals surface area contributed by atoms with Crippen molar-refractivity contribution in [2.45, 2.75) is 46.2 Å². The summed E-state index contributed by atoms with van der Waals surface area (Å²) in [5.41, 5.74) is 2.39. The van der Waals surface area contributed by atoms with Crippen molar-refractivity contribution in [1.29, 1.82) is 0 Å². The van der Waals surface area contributed by atoms with E-state index in [0.29, 0.717) is 6.04 Å². The molecule has 6 nitrogen and oxygen atoms in total. The van der Waals surface area contributed by atoms with E-state index in [0.717, 1.165) is 48.3 Å². The zero-order valence-corrected chi connectivity index (χ0v) is 16.8. The summed E-state index contributed by atoms with van der Waals surface area (Å²) in [6.45, 7) is 10.6. The summed E-state index contributed by atoms with van der Waals surface area (Å²) in [5.74, 6) is 0.0811. The summed E-state index contributed by atoms with van der Waals surface area (Å²) in [4.78, 5) is 19.5. The van der Waals surface area contributed by atoms with Crippen LogP contribution < -0.4 is 5.32 Å². The van der Waals surface area contributed by atoms with Gasteiger partial charge in [0, 0.05) is 31.4 Å². The number of hydrogen-bond acceptors (Lipinski definition) is 4. The van der Waals surface area contributed by atoms with Gasteiger partial charge in [-0.2, -0.15) is 5.10 Å². The van der Waals surface area contributed by atoms with Crippen molar-refractivity contribution in [3.05, 3.63) is 23.5 Å². The molecular weight excluding hydrogens is 361 g/mol. The van der Waals surface area contributed by atoms with E-state index in [4.69, 9.17) is 0 Å². The Morgan fingerprint density at radius 1 is 1.44 bits per heavy atom. The molecule has 0 aromatic carbocycles. The number of nitrogens with one attached hydrogen (secondary N) is 1. The van der Waals surface area contributed by atoms with E-state index >= 15 is 0 Å². The second-order valence-electron chi connectivity index (χ2n) is 6.50. The van der Waals surface area contributed by atoms with E-state index in [1.54, 1.807) is 6.20 Å². The lowest BCUT2D eigenvalue weighted by atomic mass is 10.1. The third-order valence-corrected chi connectivity index (χ3v) is 4.59. The van der Waals surface area contributed by atoms with Crippen LogP contribution in [0.25, 0.3) is 11.0 Å². The molecule has 140 valence electrons. The number of rotatable bonds is 3. The van der Waals surface area contributed by atoms with Crippen molar-refractivity contribution in [3.8, 4) is 0 Å². The molecule has 2 aromatic rings. The van der Waals surface area contributed by atoms with Crippen molar-refractivity contribution in [2.75, 3.05) is 19.6 Å². The topological polar surface area (TPSA) is 63.1 Å². The van der Waals surface area contributed by atoms with Crippen molar-refractivity contribution in [1.82, 2.24) is 25.0 Å². The molecule has 0 spiro atoms. The molecule has 1 N–H and O–H groups in total. The molecule has 3 rings (SSSR count). The highest BCUT2D eigenvalue weighted by Crippen LogP contribution is 2.23. The van der Waals surface area contributed by atoms with Crippen LogP contribution in [0.3, 0.4) is 0 Å². The minimum absolute atomic E-state index is 0. The first kappa shape index (κ1) is 21.7. The molecule has 2 atom stereocenters. The zero-order chi connectivity index (χ0) is 16.6. The van der Waals surface area contributed by atoms with Crippen molar-refractivity contribution in [3.63, 3.8) is 0 Å². The van der Waals surface area contributed by atoms with E-state index in [2.05, 4.69) is 36.2 Å². The minimum Gasteiger partial charge on any atom is -0.336 e. The molecule has 1 fully saturated rings. The fraction of sp³-hybridized carbons (Fsp3) is 0.588. The van der Waals surface area contributed by atoms with E-state index in [9.17, 15) is 4.79 Å². The van der Waals surface area contributed by atoms with E-state index in [1.165, 1.54) is 0 Å². The van der Waals surface area contributed by atoms with Crippen LogP contribution in [0.5, 0.6) is 0 Å². The third kappa shape index (κ3) is 4.25. The van der Waals surface area contributed by atoms with E-state index in [-0.39, 0.29) is 36.8 Å². The van der Waals surface area contributed by atoms with Crippen molar-refractivity contribution < 1.29 is 4.79 Å². The van der Waals surface area contributed by atoms with Crippen LogP contribution >= 0.6 is 24.8 Å². The van der Waals surface area contributed by atoms with Crippen molar-refractivity contribution in [2.24, 2.45) is 0 Å². The number of hydrogen-bond donors (Lipinski definition) is 1. The van der Waals surface area contributed by atoms with Gasteiger partial charge in [0.25, 0.3) is 5.91 Å². The highest BCUT2D eigenvalue weighted by atomic mass is 35.5. The van der Waals surface area contributed by atoms with Crippen molar-refractivity contribution >= 4 is 41.8 Å². The monoisotopic (exact) mass is 387 g/mol. The predicted molar refractivity (Wildman–Crippen MR) is 105 cm³/mol. The molecule has 2 aromatic heterocycles. The summed E-state index contributed by atoms with van der Waals surface area (Å²) < 4.78 is 1.93. The molecule has 1 amide bonds. The molecular formula is C17H27Cl2N5O. The third-order valence-electron chi connectivity index (χ3n) is 4.59. The first-order valence-electron chi connectivity index (χ1n) is 8.38. The maximum Gasteiger partial charge on any atom is 0.254 e. The molecule has 1 saturated heterocycles. The minimum atomic E-state index is 0. The van der Waals surface area contributed by atoms with Crippen LogP contribution in [0.2, 0.25) is 0 Å². The molecule has 8 heteroatoms. The number of halogens is 2. The number of piperazine rings is 1. The molecule has 1 aliphatic rings. The summed E-state index contributed by atoms with van der Waals surface area (Å²) in [6, 6.07) is 2.48. The van der Waals surface area contributed by atoms with Crippen LogP contribution in [0.1, 0.15) is 49.3 Å². The lowest BCUT2D eigenvalue weighted by Gasteiger charge is -2.32. The first-order chi connectivity index (χ1) is 11.0. The SMILES string of the molecule is CCC(C)n1ncc2c(C(=O)N3CCNC(C)C3)cc(C)nc21.Cl.Cl. The number of fused-ring (bicyclic) bond motifs is 1. The van der Waals surface area contributed by atoms with Crippen LogP contribution in [-0.4, -0.2) is 51.2 Å². The Morgan fingerprint density at radius 2 is 2.16 bits per heavy atom. The Kier molecular flexibility index (Phi) is 7.65. The quantitative estimate of drug-likeness (QED) is 0.878. The number of pyridine rings is 1. The van der Waals surface area contributed by atoms with Gasteiger partial charge in [0.15, 0.2) is 5.65 Å². The number of nitrogens with zero attached hydrogens (tertiary/aromatic N) is 4. The Labute approximate surface area is 161 Å². The molecule has 2 unspecified atom stereocenters. The standard InChI is InChI=1S/C17H25N5O.2ClH/c1-5-13(4)22-16-15(9-19-22)14(8-11(2)20-16)17(23)21-7-6-18-12(3)10-21;;/h8-9,12-13,18H,5-7,10H2,1-4H3;2*1H. The van der Waals surface area contributed by atoms with E-state index in [1.807, 2.05) is 22.6 Å². The molecule has 0 bridgehead atoms. The highest BCUT2D eigenvalue weighted by Gasteiger charge is 2.25. The van der Waals surface area contributed by atoms with Gasteiger partial charge in [-0.15, -0.1) is 24.8 Å². The van der Waals surface area contributed by atoms with Gasteiger partial charge in [0.05, 0.1) is 23.2 Å². The smallest absolute Gasteiger partial charge is 0.254 e. The van der Waals surface area contributed by atoms with Gasteiger partial charge in [0.2, 0.25) is 0 Å². The van der Waals surface area contributed by atoms with Crippen LogP contribution in [0.15, 0.2) is 12.3 Å². The van der Waals surface area contributed by atoms with Gasteiger partial charge in [-0.25, -0.2) is 9.67 Å². The van der Waals surface area contributed by atoms with Crippen LogP contribution in [-0.2, 0) is 0 Å². The Morgan fingerprint density at radius 3 is 2.80 bits per heavy atom. The van der Waals surface area contributed by atoms with Gasteiger partial charge in [-0.05, 0) is 33.3 Å². The second kappa shape index (κ2) is 8.83.